The average molecular weight is 243 g/mol. The van der Waals surface area contributed by atoms with E-state index in [4.69, 9.17) is 30.2 Å². The van der Waals surface area contributed by atoms with Crippen LogP contribution in [-0.2, 0) is 6.42 Å². The lowest BCUT2D eigenvalue weighted by Gasteiger charge is -2.08. The number of carbonyl (C=O) groups is 1. The van der Waals surface area contributed by atoms with Crippen molar-refractivity contribution in [2.45, 2.75) is 6.42 Å². The minimum atomic E-state index is -1.83. The quantitative estimate of drug-likeness (QED) is 0.739. The van der Waals surface area contributed by atoms with Gasteiger partial charge in [-0.2, -0.15) is 0 Å². The van der Waals surface area contributed by atoms with Crippen molar-refractivity contribution < 1.29 is 24.5 Å². The van der Waals surface area contributed by atoms with Crippen molar-refractivity contribution in [3.63, 3.8) is 0 Å². The second-order valence-electron chi connectivity index (χ2n) is 3.01. The van der Waals surface area contributed by atoms with Gasteiger partial charge in [0.2, 0.25) is 0 Å². The van der Waals surface area contributed by atoms with Crippen LogP contribution >= 0.6 is 0 Å². The summed E-state index contributed by atoms with van der Waals surface area (Å²) in [5, 5.41) is 13.9. The second kappa shape index (κ2) is 8.23. The van der Waals surface area contributed by atoms with Gasteiger partial charge in [-0.1, -0.05) is 6.07 Å². The Morgan fingerprint density at radius 2 is 1.76 bits per heavy atom. The van der Waals surface area contributed by atoms with E-state index in [1.54, 1.807) is 14.2 Å². The lowest BCUT2D eigenvalue weighted by atomic mass is 10.1. The summed E-state index contributed by atoms with van der Waals surface area (Å²) in [6, 6.07) is 5.84. The maximum atomic E-state index is 8.56. The average Bonchev–Trinajstić information content (AvgIpc) is 2.28. The molecule has 0 aliphatic rings. The van der Waals surface area contributed by atoms with Crippen LogP contribution in [0.15, 0.2) is 18.2 Å². The number of methoxy groups -OCH3 is 2. The molecular formula is C11H17NO5. The molecule has 1 aromatic rings. The molecule has 96 valence electrons. The van der Waals surface area contributed by atoms with E-state index in [0.717, 1.165) is 17.9 Å². The van der Waals surface area contributed by atoms with Crippen molar-refractivity contribution in [3.8, 4) is 11.5 Å². The Morgan fingerprint density at radius 3 is 2.18 bits per heavy atom. The minimum Gasteiger partial charge on any atom is -0.493 e. The van der Waals surface area contributed by atoms with Gasteiger partial charge in [0.05, 0.1) is 14.2 Å². The Bertz CT molecular complexity index is 350. The molecule has 0 amide bonds. The van der Waals surface area contributed by atoms with Gasteiger partial charge in [-0.3, -0.25) is 0 Å². The van der Waals surface area contributed by atoms with Crippen LogP contribution < -0.4 is 15.2 Å². The summed E-state index contributed by atoms with van der Waals surface area (Å²) in [5.74, 6) is 1.51. The number of hydrogen-bond donors (Lipinski definition) is 3. The maximum absolute atomic E-state index is 8.56. The molecule has 0 saturated heterocycles. The van der Waals surface area contributed by atoms with Crippen LogP contribution in [0.2, 0.25) is 0 Å². The van der Waals surface area contributed by atoms with E-state index in [9.17, 15) is 0 Å². The predicted molar refractivity (Wildman–Crippen MR) is 63.0 cm³/mol. The third-order valence-electron chi connectivity index (χ3n) is 1.88. The predicted octanol–water partition coefficient (Wildman–Crippen LogP) is 1.43. The molecule has 4 N–H and O–H groups in total. The molecule has 0 bridgehead atoms. The van der Waals surface area contributed by atoms with Crippen LogP contribution in [0.4, 0.5) is 4.79 Å². The molecule has 0 radical (unpaired) electrons. The van der Waals surface area contributed by atoms with Crippen LogP contribution in [0.25, 0.3) is 0 Å². The number of hydrogen-bond acceptors (Lipinski definition) is 4. The van der Waals surface area contributed by atoms with Crippen LogP contribution in [-0.4, -0.2) is 37.1 Å². The zero-order valence-corrected chi connectivity index (χ0v) is 9.84. The molecule has 6 nitrogen and oxygen atoms in total. The Morgan fingerprint density at radius 1 is 1.24 bits per heavy atom. The molecule has 0 fully saturated rings. The summed E-state index contributed by atoms with van der Waals surface area (Å²) in [6.07, 6.45) is -0.972. The lowest BCUT2D eigenvalue weighted by molar-refractivity contribution is 0.137. The third-order valence-corrected chi connectivity index (χ3v) is 1.88. The van der Waals surface area contributed by atoms with Gasteiger partial charge >= 0.3 is 6.16 Å². The summed E-state index contributed by atoms with van der Waals surface area (Å²) >= 11 is 0. The van der Waals surface area contributed by atoms with Crippen molar-refractivity contribution in [1.29, 1.82) is 0 Å². The van der Waals surface area contributed by atoms with Gasteiger partial charge < -0.3 is 25.4 Å². The van der Waals surface area contributed by atoms with Crippen LogP contribution in [0.5, 0.6) is 11.5 Å². The molecule has 0 saturated carbocycles. The van der Waals surface area contributed by atoms with Gasteiger partial charge in [-0.15, -0.1) is 0 Å². The molecule has 1 rings (SSSR count). The Labute approximate surface area is 99.6 Å². The molecule has 17 heavy (non-hydrogen) atoms. The number of carboxylic acid groups (broad SMARTS) is 2. The Balaban J connectivity index is 0.000000557. The van der Waals surface area contributed by atoms with Gasteiger partial charge in [-0.05, 0) is 30.7 Å². The fourth-order valence-corrected chi connectivity index (χ4v) is 1.20. The number of nitrogens with two attached hydrogens (primary N) is 1. The fourth-order valence-electron chi connectivity index (χ4n) is 1.20. The summed E-state index contributed by atoms with van der Waals surface area (Å²) in [7, 11) is 3.25. The third kappa shape index (κ3) is 6.26. The second-order valence-corrected chi connectivity index (χ2v) is 3.01. The van der Waals surface area contributed by atoms with Gasteiger partial charge in [-0.25, -0.2) is 4.79 Å². The molecule has 0 unspecified atom stereocenters. The minimum absolute atomic E-state index is 0.648. The van der Waals surface area contributed by atoms with E-state index in [2.05, 4.69) is 0 Å². The van der Waals surface area contributed by atoms with Crippen molar-refractivity contribution in [1.82, 2.24) is 0 Å². The normalized spacial score (nSPS) is 8.88. The van der Waals surface area contributed by atoms with E-state index in [-0.39, 0.29) is 0 Å². The summed E-state index contributed by atoms with van der Waals surface area (Å²) in [4.78, 5) is 8.56. The van der Waals surface area contributed by atoms with Gasteiger partial charge in [0, 0.05) is 0 Å². The Hall–Kier alpha value is -1.95. The van der Waals surface area contributed by atoms with E-state index < -0.39 is 6.16 Å². The largest absolute Gasteiger partial charge is 0.503 e. The maximum Gasteiger partial charge on any atom is 0.503 e. The van der Waals surface area contributed by atoms with Crippen LogP contribution in [0, 0.1) is 0 Å². The van der Waals surface area contributed by atoms with E-state index in [1.807, 2.05) is 18.2 Å². The first-order valence-corrected chi connectivity index (χ1v) is 4.88. The van der Waals surface area contributed by atoms with E-state index in [1.165, 1.54) is 5.56 Å². The SMILES string of the molecule is COc1ccc(CCN)cc1OC.O=C(O)O. The van der Waals surface area contributed by atoms with Crippen molar-refractivity contribution in [2.24, 2.45) is 5.73 Å². The Kier molecular flexibility index (Phi) is 7.29. The zero-order valence-electron chi connectivity index (χ0n) is 9.84. The molecule has 6 heteroatoms. The lowest BCUT2D eigenvalue weighted by Crippen LogP contribution is -2.03. The molecular weight excluding hydrogens is 226 g/mol. The first-order chi connectivity index (χ1) is 8.04. The van der Waals surface area contributed by atoms with Gasteiger partial charge in [0.25, 0.3) is 0 Å². The molecule has 0 aromatic heterocycles. The molecule has 0 atom stereocenters. The fraction of sp³-hybridized carbons (Fsp3) is 0.364. The van der Waals surface area contributed by atoms with E-state index in [0.29, 0.717) is 6.54 Å². The van der Waals surface area contributed by atoms with Crippen molar-refractivity contribution >= 4 is 6.16 Å². The highest BCUT2D eigenvalue weighted by atomic mass is 16.6. The summed E-state index contributed by atoms with van der Waals surface area (Å²) in [5.41, 5.74) is 6.62. The molecule has 1 aromatic carbocycles. The first-order valence-electron chi connectivity index (χ1n) is 4.88. The van der Waals surface area contributed by atoms with Crippen LogP contribution in [0.3, 0.4) is 0 Å². The standard InChI is InChI=1S/C10H15NO2.CH2O3/c1-12-9-4-3-8(5-6-11)7-10(9)13-2;2-1(3)4/h3-4,7H,5-6,11H2,1-2H3;(H2,2,3,4). The highest BCUT2D eigenvalue weighted by Gasteiger charge is 2.03. The van der Waals surface area contributed by atoms with Crippen molar-refractivity contribution in [2.75, 3.05) is 20.8 Å². The highest BCUT2D eigenvalue weighted by Crippen LogP contribution is 2.27. The van der Waals surface area contributed by atoms with Crippen molar-refractivity contribution in [3.05, 3.63) is 23.8 Å². The number of rotatable bonds is 4. The summed E-state index contributed by atoms with van der Waals surface area (Å²) in [6.45, 7) is 0.648. The highest BCUT2D eigenvalue weighted by molar-refractivity contribution is 5.53. The van der Waals surface area contributed by atoms with Gasteiger partial charge in [0.1, 0.15) is 0 Å². The van der Waals surface area contributed by atoms with Crippen LogP contribution in [0.1, 0.15) is 5.56 Å². The first kappa shape index (κ1) is 15.0. The molecule has 0 aliphatic carbocycles. The molecule has 0 heterocycles. The molecule has 0 spiro atoms. The topological polar surface area (TPSA) is 102 Å². The zero-order chi connectivity index (χ0) is 13.3. The van der Waals surface area contributed by atoms with Gasteiger partial charge in [0.15, 0.2) is 11.5 Å². The van der Waals surface area contributed by atoms with E-state index >= 15 is 0 Å². The molecule has 0 aliphatic heterocycles. The number of benzene rings is 1. The monoisotopic (exact) mass is 243 g/mol. The summed E-state index contributed by atoms with van der Waals surface area (Å²) < 4.78 is 10.3. The number of ether oxygens (including phenoxy) is 2. The smallest absolute Gasteiger partial charge is 0.493 e.